The van der Waals surface area contributed by atoms with E-state index in [0.717, 1.165) is 11.1 Å². The Balaban J connectivity index is 1.81. The second kappa shape index (κ2) is 8.99. The second-order valence-corrected chi connectivity index (χ2v) is 6.51. The van der Waals surface area contributed by atoms with Crippen LogP contribution in [0.15, 0.2) is 42.5 Å². The molecule has 0 unspecified atom stereocenters. The van der Waals surface area contributed by atoms with Gasteiger partial charge in [-0.05, 0) is 42.0 Å². The number of carbonyl (C=O) groups is 1. The Morgan fingerprint density at radius 1 is 1.19 bits per heavy atom. The summed E-state index contributed by atoms with van der Waals surface area (Å²) >= 11 is 0. The highest BCUT2D eigenvalue weighted by atomic mass is 16.6. The Labute approximate surface area is 153 Å². The maximum atomic E-state index is 11.9. The molecule has 0 aliphatic heterocycles. The molecule has 0 saturated heterocycles. The van der Waals surface area contributed by atoms with E-state index in [1.807, 2.05) is 0 Å². The van der Waals surface area contributed by atoms with Crippen LogP contribution in [-0.2, 0) is 11.2 Å². The number of benzene rings is 2. The lowest BCUT2D eigenvalue weighted by Crippen LogP contribution is -2.30. The van der Waals surface area contributed by atoms with Crippen molar-refractivity contribution in [3.8, 4) is 5.75 Å². The Hall–Kier alpha value is -2.89. The average Bonchev–Trinajstić information content (AvgIpc) is 2.60. The number of nitro benzene ring substituents is 1. The summed E-state index contributed by atoms with van der Waals surface area (Å²) in [6.45, 7) is 6.33. The molecule has 0 atom stereocenters. The van der Waals surface area contributed by atoms with Gasteiger partial charge < -0.3 is 10.1 Å². The zero-order valence-electron chi connectivity index (χ0n) is 15.3. The lowest BCUT2D eigenvalue weighted by molar-refractivity contribution is -0.385. The molecule has 2 aromatic carbocycles. The fraction of sp³-hybridized carbons (Fsp3) is 0.350. The molecule has 1 amide bonds. The quantitative estimate of drug-likeness (QED) is 0.577. The maximum Gasteiger partial charge on any atom is 0.310 e. The molecule has 0 fully saturated rings. The number of amides is 1. The Kier molecular flexibility index (Phi) is 6.72. The second-order valence-electron chi connectivity index (χ2n) is 6.51. The number of nitrogens with one attached hydrogen (secondary N) is 1. The normalized spacial score (nSPS) is 10.6. The smallest absolute Gasteiger partial charge is 0.310 e. The molecule has 0 heterocycles. The summed E-state index contributed by atoms with van der Waals surface area (Å²) in [6, 6.07) is 12.9. The van der Waals surface area contributed by atoms with Gasteiger partial charge in [0.2, 0.25) is 0 Å². The van der Waals surface area contributed by atoms with Crippen molar-refractivity contribution in [1.29, 1.82) is 0 Å². The van der Waals surface area contributed by atoms with Gasteiger partial charge in [0.05, 0.1) is 4.92 Å². The van der Waals surface area contributed by atoms with Gasteiger partial charge in [0.1, 0.15) is 0 Å². The van der Waals surface area contributed by atoms with Gasteiger partial charge in [0.15, 0.2) is 12.4 Å². The first-order valence-electron chi connectivity index (χ1n) is 8.60. The molecule has 0 spiro atoms. The van der Waals surface area contributed by atoms with E-state index in [-0.39, 0.29) is 24.0 Å². The molecule has 0 radical (unpaired) electrons. The molecule has 0 bridgehead atoms. The van der Waals surface area contributed by atoms with Crippen molar-refractivity contribution in [2.75, 3.05) is 13.2 Å². The van der Waals surface area contributed by atoms with Crippen molar-refractivity contribution in [3.63, 3.8) is 0 Å². The summed E-state index contributed by atoms with van der Waals surface area (Å²) in [7, 11) is 0. The van der Waals surface area contributed by atoms with Gasteiger partial charge in [-0.15, -0.1) is 0 Å². The minimum Gasteiger partial charge on any atom is -0.477 e. The van der Waals surface area contributed by atoms with Crippen molar-refractivity contribution in [1.82, 2.24) is 5.32 Å². The molecule has 6 nitrogen and oxygen atoms in total. The minimum atomic E-state index is -0.520. The fourth-order valence-corrected chi connectivity index (χ4v) is 2.50. The van der Waals surface area contributed by atoms with E-state index >= 15 is 0 Å². The van der Waals surface area contributed by atoms with Crippen molar-refractivity contribution in [3.05, 3.63) is 69.3 Å². The van der Waals surface area contributed by atoms with Crippen LogP contribution in [-0.4, -0.2) is 24.0 Å². The number of carbonyl (C=O) groups excluding carboxylic acids is 1. The minimum absolute atomic E-state index is 0.106. The third-order valence-corrected chi connectivity index (χ3v) is 4.05. The highest BCUT2D eigenvalue weighted by Crippen LogP contribution is 2.27. The first-order valence-corrected chi connectivity index (χ1v) is 8.60. The molecule has 0 aliphatic rings. The van der Waals surface area contributed by atoms with Crippen molar-refractivity contribution < 1.29 is 14.5 Å². The van der Waals surface area contributed by atoms with E-state index < -0.39 is 4.92 Å². The number of ether oxygens (including phenoxy) is 1. The first-order chi connectivity index (χ1) is 12.4. The summed E-state index contributed by atoms with van der Waals surface area (Å²) in [5.74, 6) is 0.292. The van der Waals surface area contributed by atoms with Crippen molar-refractivity contribution in [2.45, 2.75) is 33.1 Å². The molecule has 26 heavy (non-hydrogen) atoms. The highest BCUT2D eigenvalue weighted by Gasteiger charge is 2.16. The number of rotatable bonds is 8. The number of aryl methyl sites for hydroxylation is 1. The van der Waals surface area contributed by atoms with E-state index in [1.165, 1.54) is 11.6 Å². The Morgan fingerprint density at radius 2 is 1.88 bits per heavy atom. The fourth-order valence-electron chi connectivity index (χ4n) is 2.50. The Bertz CT molecular complexity index is 770. The standard InChI is InChI=1S/C20H24N2O4/c1-14(2)17-7-5-16(6-8-17)10-11-21-20(23)13-26-19-12-15(3)4-9-18(19)22(24)25/h4-9,12,14H,10-11,13H2,1-3H3,(H,21,23). The molecule has 0 saturated carbocycles. The zero-order chi connectivity index (χ0) is 19.1. The molecular formula is C20H24N2O4. The number of nitro groups is 1. The van der Waals surface area contributed by atoms with E-state index in [0.29, 0.717) is 18.9 Å². The number of nitrogens with zero attached hydrogens (tertiary/aromatic N) is 1. The van der Waals surface area contributed by atoms with E-state index in [4.69, 9.17) is 4.74 Å². The van der Waals surface area contributed by atoms with Crippen LogP contribution in [0.1, 0.15) is 36.5 Å². The predicted molar refractivity (Wildman–Crippen MR) is 101 cm³/mol. The summed E-state index contributed by atoms with van der Waals surface area (Å²) in [6.07, 6.45) is 0.717. The van der Waals surface area contributed by atoms with Gasteiger partial charge >= 0.3 is 5.69 Å². The van der Waals surface area contributed by atoms with E-state index in [1.54, 1.807) is 19.1 Å². The zero-order valence-corrected chi connectivity index (χ0v) is 15.3. The predicted octanol–water partition coefficient (Wildman–Crippen LogP) is 3.76. The van der Waals surface area contributed by atoms with Gasteiger partial charge in [0.25, 0.3) is 5.91 Å². The van der Waals surface area contributed by atoms with Gasteiger partial charge in [-0.3, -0.25) is 14.9 Å². The van der Waals surface area contributed by atoms with Gasteiger partial charge in [-0.1, -0.05) is 44.2 Å². The first kappa shape index (κ1) is 19.4. The summed E-state index contributed by atoms with van der Waals surface area (Å²) < 4.78 is 5.33. The van der Waals surface area contributed by atoms with Crippen LogP contribution >= 0.6 is 0 Å². The molecule has 2 rings (SSSR count). The monoisotopic (exact) mass is 356 g/mol. The molecule has 138 valence electrons. The largest absolute Gasteiger partial charge is 0.477 e. The van der Waals surface area contributed by atoms with Crippen molar-refractivity contribution in [2.24, 2.45) is 0 Å². The molecule has 1 N–H and O–H groups in total. The number of hydrogen-bond donors (Lipinski definition) is 1. The van der Waals surface area contributed by atoms with Crippen LogP contribution in [0.3, 0.4) is 0 Å². The van der Waals surface area contributed by atoms with Crippen LogP contribution < -0.4 is 10.1 Å². The van der Waals surface area contributed by atoms with Crippen LogP contribution in [0.2, 0.25) is 0 Å². The highest BCUT2D eigenvalue weighted by molar-refractivity contribution is 5.77. The van der Waals surface area contributed by atoms with Crippen molar-refractivity contribution >= 4 is 11.6 Å². The molecule has 0 aliphatic carbocycles. The maximum absolute atomic E-state index is 11.9. The van der Waals surface area contributed by atoms with Crippen LogP contribution in [0.25, 0.3) is 0 Å². The summed E-state index contributed by atoms with van der Waals surface area (Å²) in [5.41, 5.74) is 3.11. The molecule has 2 aromatic rings. The molecule has 6 heteroatoms. The van der Waals surface area contributed by atoms with E-state index in [2.05, 4.69) is 43.4 Å². The van der Waals surface area contributed by atoms with Gasteiger partial charge in [-0.25, -0.2) is 0 Å². The Morgan fingerprint density at radius 3 is 2.50 bits per heavy atom. The van der Waals surface area contributed by atoms with E-state index in [9.17, 15) is 14.9 Å². The van der Waals surface area contributed by atoms with Gasteiger partial charge in [-0.2, -0.15) is 0 Å². The third kappa shape index (κ3) is 5.58. The average molecular weight is 356 g/mol. The summed E-state index contributed by atoms with van der Waals surface area (Å²) in [5, 5.41) is 13.8. The van der Waals surface area contributed by atoms with Gasteiger partial charge in [0, 0.05) is 12.6 Å². The molecule has 0 aromatic heterocycles. The third-order valence-electron chi connectivity index (χ3n) is 4.05. The SMILES string of the molecule is Cc1ccc([N+](=O)[O-])c(OCC(=O)NCCc2ccc(C(C)C)cc2)c1. The van der Waals surface area contributed by atoms with Crippen LogP contribution in [0, 0.1) is 17.0 Å². The number of hydrogen-bond acceptors (Lipinski definition) is 4. The topological polar surface area (TPSA) is 81.5 Å². The molecular weight excluding hydrogens is 332 g/mol. The lowest BCUT2D eigenvalue weighted by atomic mass is 10.0. The van der Waals surface area contributed by atoms with Crippen LogP contribution in [0.4, 0.5) is 5.69 Å². The summed E-state index contributed by atoms with van der Waals surface area (Å²) in [4.78, 5) is 22.4. The van der Waals surface area contributed by atoms with Crippen LogP contribution in [0.5, 0.6) is 5.75 Å². The lowest BCUT2D eigenvalue weighted by Gasteiger charge is -2.09.